The summed E-state index contributed by atoms with van der Waals surface area (Å²) in [5.41, 5.74) is 0. The highest BCUT2D eigenvalue weighted by Gasteiger charge is 2.09. The van der Waals surface area contributed by atoms with Crippen LogP contribution in [0.1, 0.15) is 58.8 Å². The molecule has 0 saturated heterocycles. The molecule has 0 aromatic heterocycles. The van der Waals surface area contributed by atoms with Crippen LogP contribution in [0.3, 0.4) is 0 Å². The van der Waals surface area contributed by atoms with Gasteiger partial charge in [-0.25, -0.2) is 0 Å². The molecule has 7 nitrogen and oxygen atoms in total. The molecule has 1 atom stereocenters. The Balaban J connectivity index is 3.51. The first-order valence-electron chi connectivity index (χ1n) is 8.10. The van der Waals surface area contributed by atoms with Gasteiger partial charge in [-0.2, -0.15) is 0 Å². The number of rotatable bonds is 14. The summed E-state index contributed by atoms with van der Waals surface area (Å²) < 4.78 is 5.19. The predicted molar refractivity (Wildman–Crippen MR) is 84.0 cm³/mol. The molecule has 0 spiro atoms. The summed E-state index contributed by atoms with van der Waals surface area (Å²) in [6, 6.07) is 0.500. The van der Waals surface area contributed by atoms with Gasteiger partial charge in [-0.3, -0.25) is 4.79 Å². The van der Waals surface area contributed by atoms with Crippen LogP contribution in [-0.4, -0.2) is 48.8 Å². The molecule has 0 amide bonds. The Morgan fingerprint density at radius 3 is 2.59 bits per heavy atom. The van der Waals surface area contributed by atoms with Crippen molar-refractivity contribution in [1.29, 1.82) is 0 Å². The SMILES string of the molecule is CCCCC(C)N(C)CCOC(=O)CCCCCO[N+](=O)[O-]. The van der Waals surface area contributed by atoms with Crippen LogP contribution in [0.5, 0.6) is 0 Å². The lowest BCUT2D eigenvalue weighted by Crippen LogP contribution is -2.32. The number of esters is 1. The van der Waals surface area contributed by atoms with Gasteiger partial charge in [-0.05, 0) is 33.2 Å². The zero-order chi connectivity index (χ0) is 16.8. The molecule has 0 aromatic carbocycles. The normalized spacial score (nSPS) is 12.2. The lowest BCUT2D eigenvalue weighted by molar-refractivity contribution is -0.757. The Hall–Kier alpha value is -1.37. The number of hydrogen-bond acceptors (Lipinski definition) is 6. The fourth-order valence-corrected chi connectivity index (χ4v) is 2.00. The summed E-state index contributed by atoms with van der Waals surface area (Å²) >= 11 is 0. The molecule has 1 unspecified atom stereocenters. The minimum absolute atomic E-state index is 0.0858. The van der Waals surface area contributed by atoms with Gasteiger partial charge < -0.3 is 14.5 Å². The maximum atomic E-state index is 11.5. The number of nitrogens with zero attached hydrogens (tertiary/aromatic N) is 2. The third kappa shape index (κ3) is 12.4. The molecular weight excluding hydrogens is 288 g/mol. The van der Waals surface area contributed by atoms with Gasteiger partial charge in [-0.1, -0.05) is 26.2 Å². The summed E-state index contributed by atoms with van der Waals surface area (Å²) in [6.07, 6.45) is 5.89. The maximum Gasteiger partial charge on any atom is 0.305 e. The van der Waals surface area contributed by atoms with Crippen molar-refractivity contribution in [1.82, 2.24) is 4.90 Å². The Kier molecular flexibility index (Phi) is 12.5. The van der Waals surface area contributed by atoms with Gasteiger partial charge in [0.1, 0.15) is 6.61 Å². The van der Waals surface area contributed by atoms with Crippen LogP contribution in [0, 0.1) is 10.1 Å². The van der Waals surface area contributed by atoms with Crippen LogP contribution in [-0.2, 0) is 14.4 Å². The number of likely N-dealkylation sites (N-methyl/N-ethyl adjacent to an activating group) is 1. The fourth-order valence-electron chi connectivity index (χ4n) is 2.00. The van der Waals surface area contributed by atoms with E-state index in [2.05, 4.69) is 23.6 Å². The third-order valence-electron chi connectivity index (χ3n) is 3.66. The van der Waals surface area contributed by atoms with Gasteiger partial charge in [0.15, 0.2) is 0 Å². The first-order chi connectivity index (χ1) is 10.5. The largest absolute Gasteiger partial charge is 0.464 e. The van der Waals surface area contributed by atoms with E-state index < -0.39 is 5.09 Å². The second kappa shape index (κ2) is 13.3. The van der Waals surface area contributed by atoms with Gasteiger partial charge >= 0.3 is 5.97 Å². The van der Waals surface area contributed by atoms with Crippen molar-refractivity contribution in [2.75, 3.05) is 26.8 Å². The molecule has 0 fully saturated rings. The van der Waals surface area contributed by atoms with E-state index in [4.69, 9.17) is 4.74 Å². The first kappa shape index (κ1) is 20.6. The molecule has 130 valence electrons. The average Bonchev–Trinajstić information content (AvgIpc) is 2.47. The van der Waals surface area contributed by atoms with E-state index in [9.17, 15) is 14.9 Å². The molecule has 0 N–H and O–H groups in total. The molecule has 0 aliphatic carbocycles. The molecule has 0 aromatic rings. The minimum atomic E-state index is -0.799. The molecule has 0 rings (SSSR count). The minimum Gasteiger partial charge on any atom is -0.464 e. The van der Waals surface area contributed by atoms with Crippen LogP contribution in [0.2, 0.25) is 0 Å². The number of carbonyl (C=O) groups is 1. The molecule has 0 radical (unpaired) electrons. The van der Waals surface area contributed by atoms with E-state index in [1.165, 1.54) is 12.8 Å². The Morgan fingerprint density at radius 2 is 1.95 bits per heavy atom. The third-order valence-corrected chi connectivity index (χ3v) is 3.66. The second-order valence-electron chi connectivity index (χ2n) is 5.56. The Morgan fingerprint density at radius 1 is 1.23 bits per heavy atom. The van der Waals surface area contributed by atoms with Gasteiger partial charge in [0.05, 0.1) is 6.61 Å². The number of unbranched alkanes of at least 4 members (excludes halogenated alkanes) is 3. The van der Waals surface area contributed by atoms with Gasteiger partial charge in [0, 0.05) is 19.0 Å². The van der Waals surface area contributed by atoms with Crippen LogP contribution >= 0.6 is 0 Å². The highest BCUT2D eigenvalue weighted by atomic mass is 16.9. The smallest absolute Gasteiger partial charge is 0.305 e. The number of carbonyl (C=O) groups excluding carboxylic acids is 1. The van der Waals surface area contributed by atoms with E-state index >= 15 is 0 Å². The zero-order valence-corrected chi connectivity index (χ0v) is 14.1. The molecule has 22 heavy (non-hydrogen) atoms. The summed E-state index contributed by atoms with van der Waals surface area (Å²) in [5.74, 6) is -0.204. The van der Waals surface area contributed by atoms with Crippen molar-refractivity contribution in [3.63, 3.8) is 0 Å². The molecule has 0 aliphatic rings. The van der Waals surface area contributed by atoms with Crippen LogP contribution in [0.15, 0.2) is 0 Å². The van der Waals surface area contributed by atoms with Gasteiger partial charge in [0.25, 0.3) is 5.09 Å². The van der Waals surface area contributed by atoms with Crippen molar-refractivity contribution in [2.45, 2.75) is 64.8 Å². The standard InChI is InChI=1S/C15H30N2O5/c1-4-5-9-14(2)16(3)11-13-21-15(18)10-7-6-8-12-22-17(19)20/h14H,4-13H2,1-3H3. The molecule has 0 bridgehead atoms. The van der Waals surface area contributed by atoms with Crippen molar-refractivity contribution >= 4 is 5.97 Å². The average molecular weight is 318 g/mol. The molecular formula is C15H30N2O5. The summed E-state index contributed by atoms with van der Waals surface area (Å²) in [6.45, 7) is 5.61. The van der Waals surface area contributed by atoms with E-state index in [0.29, 0.717) is 31.9 Å². The van der Waals surface area contributed by atoms with Crippen molar-refractivity contribution in [3.8, 4) is 0 Å². The summed E-state index contributed by atoms with van der Waals surface area (Å²) in [7, 11) is 2.05. The zero-order valence-electron chi connectivity index (χ0n) is 14.1. The summed E-state index contributed by atoms with van der Waals surface area (Å²) in [5, 5.41) is 9.13. The Bertz CT molecular complexity index is 312. The molecule has 0 heterocycles. The van der Waals surface area contributed by atoms with Crippen molar-refractivity contribution < 1.29 is 19.5 Å². The monoisotopic (exact) mass is 318 g/mol. The van der Waals surface area contributed by atoms with E-state index in [1.54, 1.807) is 0 Å². The highest BCUT2D eigenvalue weighted by Crippen LogP contribution is 2.06. The second-order valence-corrected chi connectivity index (χ2v) is 5.56. The lowest BCUT2D eigenvalue weighted by atomic mass is 10.1. The number of ether oxygens (including phenoxy) is 1. The highest BCUT2D eigenvalue weighted by molar-refractivity contribution is 5.69. The van der Waals surface area contributed by atoms with Gasteiger partial charge in [0.2, 0.25) is 0 Å². The van der Waals surface area contributed by atoms with Crippen LogP contribution < -0.4 is 0 Å². The topological polar surface area (TPSA) is 81.9 Å². The lowest BCUT2D eigenvalue weighted by Gasteiger charge is -2.24. The van der Waals surface area contributed by atoms with Crippen molar-refractivity contribution in [2.24, 2.45) is 0 Å². The molecule has 0 saturated carbocycles. The number of hydrogen-bond donors (Lipinski definition) is 0. The van der Waals surface area contributed by atoms with E-state index in [1.807, 2.05) is 7.05 Å². The van der Waals surface area contributed by atoms with Crippen LogP contribution in [0.4, 0.5) is 0 Å². The Labute approximate surface area is 133 Å². The van der Waals surface area contributed by atoms with E-state index in [-0.39, 0.29) is 12.6 Å². The molecule has 0 aliphatic heterocycles. The van der Waals surface area contributed by atoms with Crippen LogP contribution in [0.25, 0.3) is 0 Å². The predicted octanol–water partition coefficient (Wildman–Crippen LogP) is 2.81. The maximum absolute atomic E-state index is 11.5. The summed E-state index contributed by atoms with van der Waals surface area (Å²) in [4.78, 5) is 27.8. The molecule has 7 heteroatoms. The van der Waals surface area contributed by atoms with Gasteiger partial charge in [-0.15, -0.1) is 10.1 Å². The van der Waals surface area contributed by atoms with E-state index in [0.717, 1.165) is 19.4 Å². The quantitative estimate of drug-likeness (QED) is 0.212. The fraction of sp³-hybridized carbons (Fsp3) is 0.933. The van der Waals surface area contributed by atoms with Crippen molar-refractivity contribution in [3.05, 3.63) is 10.1 Å². The first-order valence-corrected chi connectivity index (χ1v) is 8.10.